The Balaban J connectivity index is 2.05. The van der Waals surface area contributed by atoms with Crippen LogP contribution in [0.3, 0.4) is 0 Å². The minimum atomic E-state index is -3.89. The van der Waals surface area contributed by atoms with Gasteiger partial charge in [-0.15, -0.1) is 0 Å². The van der Waals surface area contributed by atoms with Gasteiger partial charge in [-0.2, -0.15) is 0 Å². The molecule has 0 aromatic heterocycles. The van der Waals surface area contributed by atoms with Gasteiger partial charge in [0.2, 0.25) is 15.9 Å². The van der Waals surface area contributed by atoms with Gasteiger partial charge in [-0.3, -0.25) is 4.79 Å². The molecule has 2 rings (SSSR count). The predicted molar refractivity (Wildman–Crippen MR) is 188 cm³/mol. The van der Waals surface area contributed by atoms with Crippen molar-refractivity contribution in [2.75, 3.05) is 17.2 Å². The Morgan fingerprint density at radius 1 is 0.809 bits per heavy atom. The zero-order chi connectivity index (χ0) is 35.4. The number of hydrogen-bond donors (Lipinski definition) is 5. The fraction of sp³-hybridized carbons (Fsp3) is 0.500. The number of hydrogen-bond acceptors (Lipinski definition) is 9. The van der Waals surface area contributed by atoms with E-state index in [-0.39, 0.29) is 17.7 Å². The zero-order valence-electron chi connectivity index (χ0n) is 27.6. The number of sulfonamides is 1. The lowest BCUT2D eigenvalue weighted by atomic mass is 10.1. The number of rotatable bonds is 15. The van der Waals surface area contributed by atoms with E-state index in [0.29, 0.717) is 31.5 Å². The Kier molecular flexibility index (Phi) is 14.9. The number of amides is 3. The molecule has 0 spiro atoms. The van der Waals surface area contributed by atoms with Crippen LogP contribution in [0.25, 0.3) is 0 Å². The standard InChI is InChI=1S/C32H46IN5O8S/c1-31(2,3)45-28(40)25(12-7-8-19-35-23-11-9-10-21(33)20-23)37-30(42)38-26(29(41)46-32(4,5)6)17-18-27(39)36-22-13-15-24(16-14-22)47(34,43)44/h9-11,13-16,20,25-26,35H,7-8,12,17-19H2,1-6H3,(H,36,39)(H2,34,43,44)(H2,37,38,42)/t25?,26-/m0/s1. The minimum Gasteiger partial charge on any atom is -0.458 e. The summed E-state index contributed by atoms with van der Waals surface area (Å²) in [6.07, 6.45) is 1.29. The maximum atomic E-state index is 13.1. The topological polar surface area (TPSA) is 195 Å². The van der Waals surface area contributed by atoms with Gasteiger partial charge in [0.15, 0.2) is 0 Å². The van der Waals surface area contributed by atoms with Crippen molar-refractivity contribution in [3.05, 3.63) is 52.1 Å². The lowest BCUT2D eigenvalue weighted by molar-refractivity contribution is -0.157. The van der Waals surface area contributed by atoms with Crippen molar-refractivity contribution in [3.63, 3.8) is 0 Å². The number of benzene rings is 2. The van der Waals surface area contributed by atoms with Crippen molar-refractivity contribution in [3.8, 4) is 0 Å². The van der Waals surface area contributed by atoms with Crippen LogP contribution in [-0.2, 0) is 33.9 Å². The summed E-state index contributed by atoms with van der Waals surface area (Å²) >= 11 is 2.24. The predicted octanol–water partition coefficient (Wildman–Crippen LogP) is 4.66. The lowest BCUT2D eigenvalue weighted by Crippen LogP contribution is -2.53. The SMILES string of the molecule is CC(C)(C)OC(=O)C(CCCCNc1cccc(I)c1)NC(=O)N[C@@H](CCC(=O)Nc1ccc(S(N)(=O)=O)cc1)C(=O)OC(C)(C)C. The third-order valence-corrected chi connectivity index (χ3v) is 7.79. The molecule has 2 aromatic carbocycles. The molecule has 0 aliphatic rings. The van der Waals surface area contributed by atoms with E-state index in [9.17, 15) is 27.6 Å². The first-order valence-corrected chi connectivity index (χ1v) is 17.8. The highest BCUT2D eigenvalue weighted by molar-refractivity contribution is 14.1. The molecule has 0 aliphatic carbocycles. The number of nitrogens with two attached hydrogens (primary N) is 1. The average molecular weight is 788 g/mol. The van der Waals surface area contributed by atoms with Crippen LogP contribution in [0.15, 0.2) is 53.4 Å². The molecule has 0 aliphatic heterocycles. The van der Waals surface area contributed by atoms with Crippen molar-refractivity contribution in [2.45, 2.75) is 102 Å². The highest BCUT2D eigenvalue weighted by Gasteiger charge is 2.30. The Bertz CT molecular complexity index is 1490. The summed E-state index contributed by atoms with van der Waals surface area (Å²) in [5.41, 5.74) is -0.354. The second kappa shape index (κ2) is 17.6. The fourth-order valence-electron chi connectivity index (χ4n) is 4.13. The molecule has 15 heteroatoms. The monoisotopic (exact) mass is 787 g/mol. The first-order chi connectivity index (χ1) is 21.7. The van der Waals surface area contributed by atoms with Gasteiger partial charge in [-0.25, -0.2) is 27.9 Å². The van der Waals surface area contributed by atoms with Crippen molar-refractivity contribution >= 4 is 67.9 Å². The second-order valence-electron chi connectivity index (χ2n) is 12.9. The quantitative estimate of drug-likeness (QED) is 0.0970. The van der Waals surface area contributed by atoms with Crippen LogP contribution in [0.1, 0.15) is 73.6 Å². The van der Waals surface area contributed by atoms with Crippen LogP contribution < -0.4 is 26.4 Å². The second-order valence-corrected chi connectivity index (χ2v) is 15.7. The van der Waals surface area contributed by atoms with Crippen molar-refractivity contribution in [1.29, 1.82) is 0 Å². The molecule has 0 fully saturated rings. The minimum absolute atomic E-state index is 0.112. The molecular formula is C32H46IN5O8S. The highest BCUT2D eigenvalue weighted by Crippen LogP contribution is 2.17. The molecular weight excluding hydrogens is 741 g/mol. The van der Waals surface area contributed by atoms with E-state index in [1.165, 1.54) is 24.3 Å². The molecule has 13 nitrogen and oxygen atoms in total. The van der Waals surface area contributed by atoms with E-state index < -0.39 is 57.2 Å². The number of carbonyl (C=O) groups excluding carboxylic acids is 4. The smallest absolute Gasteiger partial charge is 0.329 e. The van der Waals surface area contributed by atoms with Gasteiger partial charge < -0.3 is 30.7 Å². The van der Waals surface area contributed by atoms with E-state index in [2.05, 4.69) is 43.9 Å². The van der Waals surface area contributed by atoms with E-state index in [4.69, 9.17) is 14.6 Å². The number of urea groups is 1. The summed E-state index contributed by atoms with van der Waals surface area (Å²) in [5.74, 6) is -1.86. The van der Waals surface area contributed by atoms with Gasteiger partial charge >= 0.3 is 18.0 Å². The number of ether oxygens (including phenoxy) is 2. The highest BCUT2D eigenvalue weighted by atomic mass is 127. The van der Waals surface area contributed by atoms with Gasteiger partial charge in [0.25, 0.3) is 0 Å². The van der Waals surface area contributed by atoms with Gasteiger partial charge in [0.1, 0.15) is 23.3 Å². The number of esters is 2. The van der Waals surface area contributed by atoms with E-state index >= 15 is 0 Å². The first kappa shape index (κ1) is 39.7. The maximum Gasteiger partial charge on any atom is 0.329 e. The number of nitrogens with one attached hydrogen (secondary N) is 4. The molecule has 6 N–H and O–H groups in total. The third-order valence-electron chi connectivity index (χ3n) is 6.19. The molecule has 0 radical (unpaired) electrons. The lowest BCUT2D eigenvalue weighted by Gasteiger charge is -2.27. The molecule has 260 valence electrons. The first-order valence-electron chi connectivity index (χ1n) is 15.2. The number of halogens is 1. The summed E-state index contributed by atoms with van der Waals surface area (Å²) < 4.78 is 35.1. The zero-order valence-corrected chi connectivity index (χ0v) is 30.6. The molecule has 3 amide bonds. The van der Waals surface area contributed by atoms with Crippen molar-refractivity contribution in [1.82, 2.24) is 10.6 Å². The summed E-state index contributed by atoms with van der Waals surface area (Å²) in [6, 6.07) is 10.2. The van der Waals surface area contributed by atoms with Crippen molar-refractivity contribution < 1.29 is 37.1 Å². The molecule has 47 heavy (non-hydrogen) atoms. The van der Waals surface area contributed by atoms with Crippen LogP contribution in [-0.4, -0.2) is 62.1 Å². The Morgan fingerprint density at radius 2 is 1.36 bits per heavy atom. The maximum absolute atomic E-state index is 13.1. The fourth-order valence-corrected chi connectivity index (χ4v) is 5.19. The summed E-state index contributed by atoms with van der Waals surface area (Å²) in [7, 11) is -3.89. The van der Waals surface area contributed by atoms with Gasteiger partial charge in [0.05, 0.1) is 4.90 Å². The summed E-state index contributed by atoms with van der Waals surface area (Å²) in [6.45, 7) is 10.9. The third kappa shape index (κ3) is 16.3. The van der Waals surface area contributed by atoms with Crippen molar-refractivity contribution in [2.24, 2.45) is 5.14 Å². The number of anilines is 2. The molecule has 1 unspecified atom stereocenters. The summed E-state index contributed by atoms with van der Waals surface area (Å²) in [4.78, 5) is 51.7. The van der Waals surface area contributed by atoms with Crippen LogP contribution >= 0.6 is 22.6 Å². The number of carbonyl (C=O) groups is 4. The van der Waals surface area contributed by atoms with E-state index in [1.54, 1.807) is 41.5 Å². The molecule has 0 bridgehead atoms. The molecule has 0 heterocycles. The molecule has 0 saturated carbocycles. The Labute approximate surface area is 290 Å². The Morgan fingerprint density at radius 3 is 1.87 bits per heavy atom. The molecule has 0 saturated heterocycles. The van der Waals surface area contributed by atoms with Gasteiger partial charge in [0, 0.05) is 27.9 Å². The van der Waals surface area contributed by atoms with Crippen LogP contribution in [0, 0.1) is 3.57 Å². The van der Waals surface area contributed by atoms with Crippen LogP contribution in [0.4, 0.5) is 16.2 Å². The van der Waals surface area contributed by atoms with E-state index in [1.807, 2.05) is 24.3 Å². The van der Waals surface area contributed by atoms with Crippen LogP contribution in [0.2, 0.25) is 0 Å². The number of unbranched alkanes of at least 4 members (excludes halogenated alkanes) is 1. The largest absolute Gasteiger partial charge is 0.458 e. The summed E-state index contributed by atoms with van der Waals surface area (Å²) in [5, 5.41) is 16.2. The van der Waals surface area contributed by atoms with E-state index in [0.717, 1.165) is 9.26 Å². The number of primary sulfonamides is 1. The van der Waals surface area contributed by atoms with Crippen LogP contribution in [0.5, 0.6) is 0 Å². The average Bonchev–Trinajstić information content (AvgIpc) is 2.92. The van der Waals surface area contributed by atoms with Gasteiger partial charge in [-0.1, -0.05) is 6.07 Å². The molecule has 2 aromatic rings. The molecule has 2 atom stereocenters. The van der Waals surface area contributed by atoms with Gasteiger partial charge in [-0.05, 0) is 132 Å². The Hall–Kier alpha value is -3.44. The normalized spacial score (nSPS) is 13.1.